The van der Waals surface area contributed by atoms with Crippen molar-refractivity contribution >= 4 is 12.6 Å². The predicted octanol–water partition coefficient (Wildman–Crippen LogP) is 6.50. The number of hydrogen-bond donors (Lipinski definition) is 1. The van der Waals surface area contributed by atoms with Crippen molar-refractivity contribution in [2.75, 3.05) is 27.9 Å². The van der Waals surface area contributed by atoms with E-state index in [9.17, 15) is 0 Å². The lowest BCUT2D eigenvalue weighted by atomic mass is 9.98. The van der Waals surface area contributed by atoms with E-state index in [2.05, 4.69) is 0 Å². The largest absolute Gasteiger partial charge is 0.497 e. The molecule has 0 radical (unpaired) electrons. The monoisotopic (exact) mass is 632 g/mol. The molecule has 238 valence electrons. The number of methoxy groups -OCH3 is 3. The van der Waals surface area contributed by atoms with Crippen LogP contribution in [0.4, 0.5) is 0 Å². The van der Waals surface area contributed by atoms with Crippen LogP contribution >= 0.6 is 12.6 Å². The normalized spacial score (nSPS) is 21.2. The molecule has 0 bridgehead atoms. The maximum Gasteiger partial charge on any atom is 0.129 e. The topological polar surface area (TPSA) is 73.8 Å². The van der Waals surface area contributed by atoms with Crippen LogP contribution in [0.3, 0.4) is 0 Å². The van der Waals surface area contributed by atoms with Gasteiger partial charge in [0.05, 0.1) is 41.2 Å². The Morgan fingerprint density at radius 1 is 0.511 bits per heavy atom. The van der Waals surface area contributed by atoms with Gasteiger partial charge in [0.2, 0.25) is 0 Å². The highest BCUT2D eigenvalue weighted by molar-refractivity contribution is 7.80. The summed E-state index contributed by atoms with van der Waals surface area (Å²) in [7, 11) is 4.94. The molecule has 1 aliphatic heterocycles. The molecule has 0 aliphatic carbocycles. The quantitative estimate of drug-likeness (QED) is 0.149. The molecular weight excluding hydrogens is 592 g/mol. The molecular formula is C36H40O8S. The van der Waals surface area contributed by atoms with Gasteiger partial charge >= 0.3 is 0 Å². The Hall–Kier alpha value is -3.73. The van der Waals surface area contributed by atoms with E-state index in [1.807, 2.05) is 103 Å². The van der Waals surface area contributed by atoms with Crippen LogP contribution in [0.15, 0.2) is 103 Å². The van der Waals surface area contributed by atoms with Crippen molar-refractivity contribution in [1.82, 2.24) is 0 Å². The molecule has 5 atom stereocenters. The van der Waals surface area contributed by atoms with Crippen LogP contribution < -0.4 is 18.9 Å². The van der Waals surface area contributed by atoms with E-state index in [0.717, 1.165) is 39.7 Å². The SMILES string of the molecule is COc1ccc(CO[C@@H]2[C@@H](OCc3ccc(OC)cc3)[C@H](S)O[C@H](COc3ccccc3)[C@H]2OCc2ccc(OC)cc2)cc1. The van der Waals surface area contributed by atoms with Crippen LogP contribution in [0.5, 0.6) is 23.0 Å². The number of hydrogen-bond acceptors (Lipinski definition) is 9. The molecule has 0 aromatic heterocycles. The fraction of sp³-hybridized carbons (Fsp3) is 0.333. The van der Waals surface area contributed by atoms with Gasteiger partial charge in [0.1, 0.15) is 59.5 Å². The van der Waals surface area contributed by atoms with Gasteiger partial charge in [-0.1, -0.05) is 54.6 Å². The van der Waals surface area contributed by atoms with Crippen LogP contribution in [0.25, 0.3) is 0 Å². The second-order valence-electron chi connectivity index (χ2n) is 10.6. The zero-order valence-electron chi connectivity index (χ0n) is 25.7. The smallest absolute Gasteiger partial charge is 0.129 e. The van der Waals surface area contributed by atoms with Gasteiger partial charge < -0.3 is 37.9 Å². The van der Waals surface area contributed by atoms with Gasteiger partial charge in [-0.3, -0.25) is 0 Å². The summed E-state index contributed by atoms with van der Waals surface area (Å²) < 4.78 is 48.3. The maximum absolute atomic E-state index is 6.66. The van der Waals surface area contributed by atoms with E-state index >= 15 is 0 Å². The molecule has 0 amide bonds. The van der Waals surface area contributed by atoms with Crippen molar-refractivity contribution in [3.63, 3.8) is 0 Å². The minimum Gasteiger partial charge on any atom is -0.497 e. The number of rotatable bonds is 15. The van der Waals surface area contributed by atoms with Crippen LogP contribution in [0.1, 0.15) is 16.7 Å². The molecule has 8 nitrogen and oxygen atoms in total. The van der Waals surface area contributed by atoms with Gasteiger partial charge in [-0.15, -0.1) is 12.6 Å². The lowest BCUT2D eigenvalue weighted by Gasteiger charge is -2.44. The minimum absolute atomic E-state index is 0.238. The molecule has 5 rings (SSSR count). The Kier molecular flexibility index (Phi) is 12.0. The molecule has 1 fully saturated rings. The third-order valence-electron chi connectivity index (χ3n) is 7.57. The van der Waals surface area contributed by atoms with Crippen LogP contribution in [-0.2, 0) is 38.8 Å². The molecule has 1 aliphatic rings. The number of ether oxygens (including phenoxy) is 8. The highest BCUT2D eigenvalue weighted by Gasteiger charge is 2.47. The lowest BCUT2D eigenvalue weighted by molar-refractivity contribution is -0.250. The fourth-order valence-electron chi connectivity index (χ4n) is 5.04. The molecule has 1 heterocycles. The third kappa shape index (κ3) is 9.15. The molecule has 0 unspecified atom stereocenters. The first-order valence-electron chi connectivity index (χ1n) is 14.8. The lowest BCUT2D eigenvalue weighted by Crippen LogP contribution is -2.60. The maximum atomic E-state index is 6.66. The van der Waals surface area contributed by atoms with Crippen molar-refractivity contribution in [2.45, 2.75) is 49.7 Å². The standard InChI is InChI=1S/C36H40O8S/c1-37-28-15-9-25(10-16-28)21-41-33-32(24-40-31-7-5-4-6-8-31)44-36(45)35(43-23-27-13-19-30(39-3)20-14-27)34(33)42-22-26-11-17-29(38-2)18-12-26/h4-20,32-36,45H,21-24H2,1-3H3/t32-,33-,34+,35-,36+/m1/s1. The zero-order valence-corrected chi connectivity index (χ0v) is 26.6. The summed E-state index contributed by atoms with van der Waals surface area (Å²) in [4.78, 5) is 0. The first-order valence-corrected chi connectivity index (χ1v) is 15.3. The van der Waals surface area contributed by atoms with Crippen LogP contribution in [0, 0.1) is 0 Å². The Balaban J connectivity index is 1.39. The third-order valence-corrected chi connectivity index (χ3v) is 7.99. The first-order chi connectivity index (χ1) is 22.1. The average Bonchev–Trinajstić information content (AvgIpc) is 3.10. The van der Waals surface area contributed by atoms with E-state index in [1.165, 1.54) is 0 Å². The summed E-state index contributed by atoms with van der Waals surface area (Å²) in [5, 5.41) is 0. The molecule has 4 aromatic carbocycles. The highest BCUT2D eigenvalue weighted by atomic mass is 32.1. The first kappa shape index (κ1) is 32.7. The molecule has 0 spiro atoms. The van der Waals surface area contributed by atoms with Gasteiger partial charge in [0, 0.05) is 0 Å². The van der Waals surface area contributed by atoms with Crippen LogP contribution in [0.2, 0.25) is 0 Å². The summed E-state index contributed by atoms with van der Waals surface area (Å²) in [5.41, 5.74) is 2.35. The van der Waals surface area contributed by atoms with E-state index in [0.29, 0.717) is 19.8 Å². The Labute approximate surface area is 270 Å². The van der Waals surface area contributed by atoms with Crippen molar-refractivity contribution in [3.05, 3.63) is 120 Å². The summed E-state index contributed by atoms with van der Waals surface area (Å²) in [6.07, 6.45) is -2.13. The second kappa shape index (κ2) is 16.5. The van der Waals surface area contributed by atoms with Gasteiger partial charge in [0.25, 0.3) is 0 Å². The zero-order chi connectivity index (χ0) is 31.4. The second-order valence-corrected chi connectivity index (χ2v) is 11.1. The predicted molar refractivity (Wildman–Crippen MR) is 174 cm³/mol. The van der Waals surface area contributed by atoms with Gasteiger partial charge in [0.15, 0.2) is 0 Å². The summed E-state index contributed by atoms with van der Waals surface area (Å²) in [6.45, 7) is 1.21. The van der Waals surface area contributed by atoms with Gasteiger partial charge in [-0.2, -0.15) is 0 Å². The molecule has 9 heteroatoms. The van der Waals surface area contributed by atoms with E-state index < -0.39 is 29.9 Å². The minimum atomic E-state index is -0.602. The molecule has 4 aromatic rings. The van der Waals surface area contributed by atoms with Crippen molar-refractivity contribution < 1.29 is 37.9 Å². The molecule has 0 N–H and O–H groups in total. The number of thiol groups is 1. The number of para-hydroxylation sites is 1. The number of benzene rings is 4. The molecule has 1 saturated heterocycles. The van der Waals surface area contributed by atoms with Crippen molar-refractivity contribution in [3.8, 4) is 23.0 Å². The summed E-state index contributed by atoms with van der Waals surface area (Å²) in [5.74, 6) is 3.07. The van der Waals surface area contributed by atoms with Crippen molar-refractivity contribution in [1.29, 1.82) is 0 Å². The average molecular weight is 633 g/mol. The Morgan fingerprint density at radius 2 is 0.933 bits per heavy atom. The van der Waals surface area contributed by atoms with Crippen LogP contribution in [-0.4, -0.2) is 57.8 Å². The van der Waals surface area contributed by atoms with Gasteiger partial charge in [-0.05, 0) is 65.2 Å². The fourth-order valence-corrected chi connectivity index (χ4v) is 5.45. The summed E-state index contributed by atoms with van der Waals surface area (Å²) >= 11 is 4.85. The Bertz CT molecular complexity index is 1420. The summed E-state index contributed by atoms with van der Waals surface area (Å²) in [6, 6.07) is 32.9. The molecule has 45 heavy (non-hydrogen) atoms. The Morgan fingerprint density at radius 3 is 1.38 bits per heavy atom. The molecule has 0 saturated carbocycles. The van der Waals surface area contributed by atoms with Crippen molar-refractivity contribution in [2.24, 2.45) is 0 Å². The van der Waals surface area contributed by atoms with E-state index in [1.54, 1.807) is 21.3 Å². The van der Waals surface area contributed by atoms with Gasteiger partial charge in [-0.25, -0.2) is 0 Å². The van der Waals surface area contributed by atoms with E-state index in [4.69, 9.17) is 50.5 Å². The highest BCUT2D eigenvalue weighted by Crippen LogP contribution is 2.33. The van der Waals surface area contributed by atoms with E-state index in [-0.39, 0.29) is 6.61 Å².